The second kappa shape index (κ2) is 10.7. The van der Waals surface area contributed by atoms with Gasteiger partial charge in [-0.15, -0.1) is 0 Å². The average Bonchev–Trinajstić information content (AvgIpc) is 2.79. The number of carbonyl (C=O) groups is 2. The van der Waals surface area contributed by atoms with Crippen molar-refractivity contribution in [1.29, 1.82) is 0 Å². The summed E-state index contributed by atoms with van der Waals surface area (Å²) in [6.07, 6.45) is 3.94. The highest BCUT2D eigenvalue weighted by molar-refractivity contribution is 6.03. The third-order valence-electron chi connectivity index (χ3n) is 5.41. The zero-order valence-electron chi connectivity index (χ0n) is 18.8. The molecule has 0 spiro atoms. The van der Waals surface area contributed by atoms with Gasteiger partial charge >= 0.3 is 5.97 Å². The lowest BCUT2D eigenvalue weighted by Crippen LogP contribution is -2.28. The number of aryl methyl sites for hydroxylation is 3. The summed E-state index contributed by atoms with van der Waals surface area (Å²) >= 11 is 0. The molecule has 0 fully saturated rings. The third-order valence-corrected chi connectivity index (χ3v) is 5.41. The number of hydrogen-bond acceptors (Lipinski definition) is 5. The van der Waals surface area contributed by atoms with Gasteiger partial charge in [-0.25, -0.2) is 9.48 Å². The van der Waals surface area contributed by atoms with Crippen LogP contribution >= 0.6 is 0 Å². The summed E-state index contributed by atoms with van der Waals surface area (Å²) in [5.41, 5.74) is 2.61. The SMILES string of the molecule is CCCCCCn1nc(C(=O)OCC(=O)Nc2ccc(C)c(C)c2)c2ccccc2c1=O. The van der Waals surface area contributed by atoms with Crippen LogP contribution in [0.15, 0.2) is 47.3 Å². The van der Waals surface area contributed by atoms with Crippen LogP contribution < -0.4 is 10.9 Å². The van der Waals surface area contributed by atoms with Crippen molar-refractivity contribution in [2.75, 3.05) is 11.9 Å². The summed E-state index contributed by atoms with van der Waals surface area (Å²) in [7, 11) is 0. The van der Waals surface area contributed by atoms with Gasteiger partial charge in [-0.1, -0.05) is 50.5 Å². The molecule has 3 rings (SSSR count). The molecule has 3 aromatic rings. The van der Waals surface area contributed by atoms with E-state index in [1.54, 1.807) is 30.3 Å². The van der Waals surface area contributed by atoms with Crippen LogP contribution in [-0.2, 0) is 16.1 Å². The number of carbonyl (C=O) groups excluding carboxylic acids is 2. The molecular weight excluding hydrogens is 406 g/mol. The standard InChI is InChI=1S/C25H29N3O4/c1-4-5-6-9-14-28-24(30)21-11-8-7-10-20(21)23(27-28)25(31)32-16-22(29)26-19-13-12-17(2)18(3)15-19/h7-8,10-13,15H,4-6,9,14,16H2,1-3H3,(H,26,29). The van der Waals surface area contributed by atoms with Gasteiger partial charge in [0.25, 0.3) is 11.5 Å². The van der Waals surface area contributed by atoms with Gasteiger partial charge in [0.1, 0.15) is 0 Å². The number of ether oxygens (including phenoxy) is 1. The van der Waals surface area contributed by atoms with E-state index in [1.165, 1.54) is 4.68 Å². The first kappa shape index (κ1) is 23.2. The zero-order chi connectivity index (χ0) is 23.1. The first-order chi connectivity index (χ1) is 15.4. The topological polar surface area (TPSA) is 90.3 Å². The van der Waals surface area contributed by atoms with Gasteiger partial charge in [0.2, 0.25) is 0 Å². The van der Waals surface area contributed by atoms with Crippen molar-refractivity contribution in [2.45, 2.75) is 53.0 Å². The van der Waals surface area contributed by atoms with E-state index in [2.05, 4.69) is 17.3 Å². The molecule has 7 nitrogen and oxygen atoms in total. The van der Waals surface area contributed by atoms with Crippen LogP contribution in [0, 0.1) is 13.8 Å². The van der Waals surface area contributed by atoms with Crippen LogP contribution in [-0.4, -0.2) is 28.3 Å². The van der Waals surface area contributed by atoms with E-state index in [-0.39, 0.29) is 11.3 Å². The highest BCUT2D eigenvalue weighted by atomic mass is 16.5. The molecule has 0 radical (unpaired) electrons. The van der Waals surface area contributed by atoms with E-state index >= 15 is 0 Å². The van der Waals surface area contributed by atoms with E-state index in [0.717, 1.165) is 36.8 Å². The van der Waals surface area contributed by atoms with Gasteiger partial charge in [-0.3, -0.25) is 9.59 Å². The fraction of sp³-hybridized carbons (Fsp3) is 0.360. The Kier molecular flexibility index (Phi) is 7.76. The number of benzene rings is 2. The van der Waals surface area contributed by atoms with Crippen molar-refractivity contribution in [2.24, 2.45) is 0 Å². The lowest BCUT2D eigenvalue weighted by Gasteiger charge is -2.11. The number of rotatable bonds is 9. The van der Waals surface area contributed by atoms with Gasteiger partial charge in [0, 0.05) is 17.6 Å². The van der Waals surface area contributed by atoms with Crippen LogP contribution in [0.2, 0.25) is 0 Å². The molecule has 1 amide bonds. The van der Waals surface area contributed by atoms with E-state index < -0.39 is 18.5 Å². The monoisotopic (exact) mass is 435 g/mol. The Morgan fingerprint density at radius 2 is 1.75 bits per heavy atom. The fourth-order valence-corrected chi connectivity index (χ4v) is 3.44. The number of esters is 1. The molecule has 1 N–H and O–H groups in total. The predicted octanol–water partition coefficient (Wildman–Crippen LogP) is 4.39. The number of amides is 1. The smallest absolute Gasteiger partial charge is 0.359 e. The van der Waals surface area contributed by atoms with Crippen molar-refractivity contribution in [3.05, 3.63) is 69.6 Å². The first-order valence-corrected chi connectivity index (χ1v) is 10.9. The third kappa shape index (κ3) is 5.60. The molecule has 0 unspecified atom stereocenters. The predicted molar refractivity (Wildman–Crippen MR) is 125 cm³/mol. The van der Waals surface area contributed by atoms with Crippen molar-refractivity contribution in [3.63, 3.8) is 0 Å². The zero-order valence-corrected chi connectivity index (χ0v) is 18.8. The lowest BCUT2D eigenvalue weighted by molar-refractivity contribution is -0.119. The van der Waals surface area contributed by atoms with Gasteiger partial charge < -0.3 is 10.1 Å². The minimum atomic E-state index is -0.737. The van der Waals surface area contributed by atoms with E-state index in [0.29, 0.717) is 23.0 Å². The Hall–Kier alpha value is -3.48. The molecule has 2 aromatic carbocycles. The second-order valence-corrected chi connectivity index (χ2v) is 7.91. The Bertz CT molecular complexity index is 1180. The Morgan fingerprint density at radius 3 is 2.47 bits per heavy atom. The molecule has 0 saturated heterocycles. The summed E-state index contributed by atoms with van der Waals surface area (Å²) in [4.78, 5) is 37.8. The van der Waals surface area contributed by atoms with E-state index in [9.17, 15) is 14.4 Å². The molecular formula is C25H29N3O4. The van der Waals surface area contributed by atoms with Crippen LogP contribution in [0.5, 0.6) is 0 Å². The number of nitrogens with zero attached hydrogens (tertiary/aromatic N) is 2. The van der Waals surface area contributed by atoms with Gasteiger partial charge in [-0.2, -0.15) is 5.10 Å². The van der Waals surface area contributed by atoms with Crippen molar-refractivity contribution in [1.82, 2.24) is 9.78 Å². The van der Waals surface area contributed by atoms with E-state index in [4.69, 9.17) is 4.74 Å². The van der Waals surface area contributed by atoms with Crippen LogP contribution in [0.25, 0.3) is 10.8 Å². The Morgan fingerprint density at radius 1 is 1.00 bits per heavy atom. The molecule has 0 saturated carbocycles. The Balaban J connectivity index is 1.74. The van der Waals surface area contributed by atoms with Gasteiger partial charge in [-0.05, 0) is 49.6 Å². The molecule has 168 valence electrons. The van der Waals surface area contributed by atoms with Crippen molar-refractivity contribution in [3.8, 4) is 0 Å². The van der Waals surface area contributed by atoms with Gasteiger partial charge in [0.15, 0.2) is 12.3 Å². The maximum Gasteiger partial charge on any atom is 0.359 e. The average molecular weight is 436 g/mol. The maximum absolute atomic E-state index is 12.8. The number of unbranched alkanes of at least 4 members (excludes halogenated alkanes) is 3. The lowest BCUT2D eigenvalue weighted by atomic mass is 10.1. The highest BCUT2D eigenvalue weighted by Crippen LogP contribution is 2.16. The van der Waals surface area contributed by atoms with Crippen LogP contribution in [0.3, 0.4) is 0 Å². The molecule has 1 heterocycles. The number of fused-ring (bicyclic) bond motifs is 1. The quantitative estimate of drug-likeness (QED) is 0.398. The molecule has 0 aliphatic heterocycles. The van der Waals surface area contributed by atoms with E-state index in [1.807, 2.05) is 26.0 Å². The summed E-state index contributed by atoms with van der Waals surface area (Å²) in [6.45, 7) is 6.04. The minimum absolute atomic E-state index is 0.0367. The summed E-state index contributed by atoms with van der Waals surface area (Å²) in [6, 6.07) is 12.4. The number of anilines is 1. The molecule has 0 aliphatic carbocycles. The second-order valence-electron chi connectivity index (χ2n) is 7.91. The molecule has 0 aliphatic rings. The first-order valence-electron chi connectivity index (χ1n) is 10.9. The minimum Gasteiger partial charge on any atom is -0.451 e. The number of nitrogens with one attached hydrogen (secondary N) is 1. The molecule has 7 heteroatoms. The summed E-state index contributed by atoms with van der Waals surface area (Å²) in [5, 5.41) is 7.83. The summed E-state index contributed by atoms with van der Waals surface area (Å²) < 4.78 is 6.56. The van der Waals surface area contributed by atoms with Crippen LogP contribution in [0.4, 0.5) is 5.69 Å². The normalized spacial score (nSPS) is 10.8. The van der Waals surface area contributed by atoms with Crippen molar-refractivity contribution >= 4 is 28.3 Å². The number of hydrogen-bond donors (Lipinski definition) is 1. The molecule has 0 atom stereocenters. The summed E-state index contributed by atoms with van der Waals surface area (Å²) in [5.74, 6) is -1.18. The van der Waals surface area contributed by atoms with Gasteiger partial charge in [0.05, 0.1) is 5.39 Å². The largest absolute Gasteiger partial charge is 0.451 e. The fourth-order valence-electron chi connectivity index (χ4n) is 3.44. The van der Waals surface area contributed by atoms with Crippen LogP contribution in [0.1, 0.15) is 54.2 Å². The Labute approximate surface area is 187 Å². The molecule has 0 bridgehead atoms. The number of aromatic nitrogens is 2. The van der Waals surface area contributed by atoms with Crippen molar-refractivity contribution < 1.29 is 14.3 Å². The highest BCUT2D eigenvalue weighted by Gasteiger charge is 2.19. The molecule has 32 heavy (non-hydrogen) atoms. The molecule has 1 aromatic heterocycles. The maximum atomic E-state index is 12.8.